The molecule has 2 aromatic carbocycles. The van der Waals surface area contributed by atoms with Gasteiger partial charge in [-0.2, -0.15) is 0 Å². The Balaban J connectivity index is 1.73. The fraction of sp³-hybridized carbons (Fsp3) is 0.250. The van der Waals surface area contributed by atoms with Gasteiger partial charge in [-0.05, 0) is 48.7 Å². The molecule has 0 aliphatic carbocycles. The Bertz CT molecular complexity index is 1120. The number of aromatic amines is 1. The molecule has 0 spiro atoms. The van der Waals surface area contributed by atoms with Gasteiger partial charge in [-0.25, -0.2) is 4.39 Å². The summed E-state index contributed by atoms with van der Waals surface area (Å²) in [6.45, 7) is 2.54. The number of H-pyrrole nitrogens is 1. The first-order chi connectivity index (χ1) is 14.6. The number of thioether (sulfide) groups is 1. The third kappa shape index (κ3) is 4.05. The summed E-state index contributed by atoms with van der Waals surface area (Å²) in [6, 6.07) is 13.5. The predicted molar refractivity (Wildman–Crippen MR) is 120 cm³/mol. The SMILES string of the molecule is CCCCSC(=O)C1=CN(C(=O)c2ccc(F)cc2)CCc2c1[nH]c1ccccc21. The standard InChI is InChI=1S/C24H23FN2O2S/c1-2-3-14-30-24(29)20-15-27(23(28)16-8-10-17(25)11-9-16)13-12-19-18-6-4-5-7-21(18)26-22(19)20/h4-11,15,26H,2-3,12-14H2,1H3. The van der Waals surface area contributed by atoms with Gasteiger partial charge in [0.25, 0.3) is 5.91 Å². The largest absolute Gasteiger partial charge is 0.354 e. The quantitative estimate of drug-likeness (QED) is 0.560. The summed E-state index contributed by atoms with van der Waals surface area (Å²) < 4.78 is 13.3. The number of amides is 1. The van der Waals surface area contributed by atoms with Gasteiger partial charge in [0, 0.05) is 35.0 Å². The number of benzene rings is 2. The first-order valence-corrected chi connectivity index (χ1v) is 11.1. The minimum atomic E-state index is -0.386. The van der Waals surface area contributed by atoms with Crippen LogP contribution in [0.1, 0.15) is 41.4 Å². The number of unbranched alkanes of at least 4 members (excludes halogenated alkanes) is 1. The molecular formula is C24H23FN2O2S. The highest BCUT2D eigenvalue weighted by molar-refractivity contribution is 8.14. The molecule has 1 aliphatic rings. The van der Waals surface area contributed by atoms with Crippen LogP contribution in [0, 0.1) is 5.82 Å². The molecule has 6 heteroatoms. The van der Waals surface area contributed by atoms with Crippen LogP contribution in [0.4, 0.5) is 4.39 Å². The van der Waals surface area contributed by atoms with Gasteiger partial charge in [-0.3, -0.25) is 9.59 Å². The molecule has 30 heavy (non-hydrogen) atoms. The van der Waals surface area contributed by atoms with Crippen molar-refractivity contribution in [2.75, 3.05) is 12.3 Å². The summed E-state index contributed by atoms with van der Waals surface area (Å²) >= 11 is 1.29. The molecule has 1 N–H and O–H groups in total. The highest BCUT2D eigenvalue weighted by atomic mass is 32.2. The smallest absolute Gasteiger partial charge is 0.257 e. The fourth-order valence-corrected chi connectivity index (χ4v) is 4.60. The minimum absolute atomic E-state index is 0.0462. The Labute approximate surface area is 179 Å². The summed E-state index contributed by atoms with van der Waals surface area (Å²) in [5.74, 6) is 0.115. The van der Waals surface area contributed by atoms with Crippen molar-refractivity contribution >= 4 is 39.3 Å². The molecule has 0 fully saturated rings. The lowest BCUT2D eigenvalue weighted by molar-refractivity contribution is -0.106. The third-order valence-electron chi connectivity index (χ3n) is 5.27. The molecule has 4 rings (SSSR count). The number of carbonyl (C=O) groups excluding carboxylic acids is 2. The molecule has 3 aromatic rings. The van der Waals surface area contributed by atoms with Crippen LogP contribution in [0.3, 0.4) is 0 Å². The Morgan fingerprint density at radius 3 is 2.67 bits per heavy atom. The Hall–Kier alpha value is -2.86. The van der Waals surface area contributed by atoms with Crippen molar-refractivity contribution in [3.63, 3.8) is 0 Å². The molecule has 0 unspecified atom stereocenters. The van der Waals surface area contributed by atoms with E-state index in [0.717, 1.165) is 40.8 Å². The molecule has 0 radical (unpaired) electrons. The van der Waals surface area contributed by atoms with Crippen LogP contribution in [0.15, 0.2) is 54.7 Å². The van der Waals surface area contributed by atoms with Crippen LogP contribution in [0.2, 0.25) is 0 Å². The second-order valence-corrected chi connectivity index (χ2v) is 8.38. The number of fused-ring (bicyclic) bond motifs is 3. The molecule has 1 aromatic heterocycles. The summed E-state index contributed by atoms with van der Waals surface area (Å²) in [7, 11) is 0. The van der Waals surface area contributed by atoms with Crippen LogP contribution in [-0.2, 0) is 11.2 Å². The lowest BCUT2D eigenvalue weighted by Gasteiger charge is -2.18. The molecule has 1 amide bonds. The Morgan fingerprint density at radius 1 is 1.13 bits per heavy atom. The summed E-state index contributed by atoms with van der Waals surface area (Å²) in [5.41, 5.74) is 3.73. The van der Waals surface area contributed by atoms with Crippen molar-refractivity contribution in [1.82, 2.24) is 9.88 Å². The average molecular weight is 423 g/mol. The Morgan fingerprint density at radius 2 is 1.90 bits per heavy atom. The highest BCUT2D eigenvalue weighted by Gasteiger charge is 2.27. The van der Waals surface area contributed by atoms with Crippen molar-refractivity contribution in [2.24, 2.45) is 0 Å². The molecular weight excluding hydrogens is 399 g/mol. The zero-order valence-corrected chi connectivity index (χ0v) is 17.6. The van der Waals surface area contributed by atoms with Crippen LogP contribution >= 0.6 is 11.8 Å². The predicted octanol–water partition coefficient (Wildman–Crippen LogP) is 5.41. The summed E-state index contributed by atoms with van der Waals surface area (Å²) in [5, 5.41) is 1.02. The number of carbonyl (C=O) groups is 2. The van der Waals surface area contributed by atoms with E-state index >= 15 is 0 Å². The normalized spacial score (nSPS) is 13.7. The summed E-state index contributed by atoms with van der Waals surface area (Å²) in [4.78, 5) is 31.1. The fourth-order valence-electron chi connectivity index (χ4n) is 3.67. The van der Waals surface area contributed by atoms with E-state index in [9.17, 15) is 14.0 Å². The number of para-hydroxylation sites is 1. The topological polar surface area (TPSA) is 53.2 Å². The van der Waals surface area contributed by atoms with Crippen LogP contribution in [-0.4, -0.2) is 33.2 Å². The zero-order valence-electron chi connectivity index (χ0n) is 16.8. The van der Waals surface area contributed by atoms with Crippen LogP contribution < -0.4 is 0 Å². The molecule has 4 nitrogen and oxygen atoms in total. The van der Waals surface area contributed by atoms with Crippen molar-refractivity contribution in [2.45, 2.75) is 26.2 Å². The average Bonchev–Trinajstić information content (AvgIpc) is 3.01. The van der Waals surface area contributed by atoms with Crippen molar-refractivity contribution in [3.8, 4) is 0 Å². The van der Waals surface area contributed by atoms with Gasteiger partial charge >= 0.3 is 0 Å². The highest BCUT2D eigenvalue weighted by Crippen LogP contribution is 2.33. The lowest BCUT2D eigenvalue weighted by atomic mass is 10.0. The number of aromatic nitrogens is 1. The van der Waals surface area contributed by atoms with E-state index in [1.807, 2.05) is 24.3 Å². The minimum Gasteiger partial charge on any atom is -0.354 e. The van der Waals surface area contributed by atoms with Gasteiger partial charge in [-0.1, -0.05) is 43.3 Å². The van der Waals surface area contributed by atoms with Gasteiger partial charge in [0.05, 0.1) is 11.3 Å². The molecule has 0 atom stereocenters. The van der Waals surface area contributed by atoms with Gasteiger partial charge in [0.2, 0.25) is 5.12 Å². The molecule has 1 aliphatic heterocycles. The first kappa shape index (κ1) is 20.4. The lowest BCUT2D eigenvalue weighted by Crippen LogP contribution is -2.27. The number of rotatable bonds is 5. The molecule has 0 saturated heterocycles. The van der Waals surface area contributed by atoms with Gasteiger partial charge < -0.3 is 9.88 Å². The monoisotopic (exact) mass is 422 g/mol. The van der Waals surface area contributed by atoms with Crippen LogP contribution in [0.25, 0.3) is 16.5 Å². The third-order valence-corrected chi connectivity index (χ3v) is 6.25. The van der Waals surface area contributed by atoms with E-state index in [4.69, 9.17) is 0 Å². The second-order valence-electron chi connectivity index (χ2n) is 7.31. The summed E-state index contributed by atoms with van der Waals surface area (Å²) in [6.07, 6.45) is 4.26. The van der Waals surface area contributed by atoms with Gasteiger partial charge in [0.1, 0.15) is 5.82 Å². The van der Waals surface area contributed by atoms with E-state index in [-0.39, 0.29) is 16.8 Å². The number of halogens is 1. The van der Waals surface area contributed by atoms with E-state index in [0.29, 0.717) is 24.1 Å². The second kappa shape index (κ2) is 8.88. The molecule has 154 valence electrons. The molecule has 0 saturated carbocycles. The Kier molecular flexibility index (Phi) is 6.04. The van der Waals surface area contributed by atoms with Gasteiger partial charge in [-0.15, -0.1) is 0 Å². The number of nitrogens with one attached hydrogen (secondary N) is 1. The maximum Gasteiger partial charge on any atom is 0.257 e. The van der Waals surface area contributed by atoms with Gasteiger partial charge in [0.15, 0.2) is 0 Å². The van der Waals surface area contributed by atoms with E-state index in [1.54, 1.807) is 11.1 Å². The number of nitrogens with zero attached hydrogens (tertiary/aromatic N) is 1. The maximum atomic E-state index is 13.3. The molecule has 0 bridgehead atoms. The number of hydrogen-bond donors (Lipinski definition) is 1. The van der Waals surface area contributed by atoms with Crippen molar-refractivity contribution in [1.29, 1.82) is 0 Å². The number of hydrogen-bond acceptors (Lipinski definition) is 3. The first-order valence-electron chi connectivity index (χ1n) is 10.1. The van der Waals surface area contributed by atoms with E-state index < -0.39 is 0 Å². The van der Waals surface area contributed by atoms with Crippen LogP contribution in [0.5, 0.6) is 0 Å². The van der Waals surface area contributed by atoms with E-state index in [1.165, 1.54) is 36.0 Å². The van der Waals surface area contributed by atoms with E-state index in [2.05, 4.69) is 11.9 Å². The van der Waals surface area contributed by atoms with Crippen molar-refractivity contribution in [3.05, 3.63) is 77.4 Å². The maximum absolute atomic E-state index is 13.3. The van der Waals surface area contributed by atoms with Crippen molar-refractivity contribution < 1.29 is 14.0 Å². The zero-order chi connectivity index (χ0) is 21.1. The molecule has 2 heterocycles.